The summed E-state index contributed by atoms with van der Waals surface area (Å²) in [5, 5.41) is 18.3. The van der Waals surface area contributed by atoms with Crippen LogP contribution < -0.4 is 16.0 Å². The molecule has 0 spiro atoms. The molecule has 0 aromatic heterocycles. The topological polar surface area (TPSA) is 90.5 Å². The quantitative estimate of drug-likeness (QED) is 0.260. The minimum Gasteiger partial charge on any atom is -0.513 e. The average Bonchev–Trinajstić information content (AvgIpc) is 3.06. The number of hydrogen-bond donors (Lipinski definition) is 4. The van der Waals surface area contributed by atoms with Gasteiger partial charge in [0.15, 0.2) is 0 Å². The molecule has 24 heavy (non-hydrogen) atoms. The SMILES string of the molecule is C=C(O)CCCCCNC(=O)CCCC[C@@H]1SC[C@@H]2NC(=O)N[C@@H]21. The number of aliphatic hydroxyl groups excluding tert-OH is 1. The van der Waals surface area contributed by atoms with Gasteiger partial charge in [-0.1, -0.05) is 19.4 Å². The number of unbranched alkanes of at least 4 members (excludes halogenated alkanes) is 3. The fraction of sp³-hybridized carbons (Fsp3) is 0.765. The van der Waals surface area contributed by atoms with Crippen LogP contribution in [0.2, 0.25) is 0 Å². The van der Waals surface area contributed by atoms with Crippen LogP contribution in [0.15, 0.2) is 12.3 Å². The average molecular weight is 356 g/mol. The minimum atomic E-state index is -0.0435. The third-order valence-corrected chi connectivity index (χ3v) is 6.05. The van der Waals surface area contributed by atoms with Gasteiger partial charge in [-0.25, -0.2) is 4.79 Å². The highest BCUT2D eigenvalue weighted by molar-refractivity contribution is 8.00. The Morgan fingerprint density at radius 2 is 2.00 bits per heavy atom. The lowest BCUT2D eigenvalue weighted by atomic mass is 10.0. The van der Waals surface area contributed by atoms with E-state index in [0.717, 1.165) is 44.3 Å². The predicted octanol–water partition coefficient (Wildman–Crippen LogP) is 2.46. The van der Waals surface area contributed by atoms with Crippen LogP contribution in [-0.2, 0) is 4.79 Å². The Kier molecular flexibility index (Phi) is 7.75. The van der Waals surface area contributed by atoms with Gasteiger partial charge in [0, 0.05) is 30.4 Å². The van der Waals surface area contributed by atoms with Crippen LogP contribution in [0.3, 0.4) is 0 Å². The lowest BCUT2D eigenvalue weighted by Crippen LogP contribution is -2.36. The van der Waals surface area contributed by atoms with Crippen LogP contribution in [0.4, 0.5) is 4.79 Å². The number of allylic oxidation sites excluding steroid dienone is 1. The number of nitrogens with one attached hydrogen (secondary N) is 3. The molecule has 2 fully saturated rings. The maximum absolute atomic E-state index is 11.8. The number of hydrogen-bond acceptors (Lipinski definition) is 4. The summed E-state index contributed by atoms with van der Waals surface area (Å²) >= 11 is 1.92. The third-order valence-electron chi connectivity index (χ3n) is 4.54. The molecule has 0 unspecified atom stereocenters. The molecule has 0 aromatic carbocycles. The van der Waals surface area contributed by atoms with Crippen molar-refractivity contribution in [1.29, 1.82) is 0 Å². The molecular formula is C17H29N3O3S. The van der Waals surface area contributed by atoms with E-state index in [0.29, 0.717) is 24.6 Å². The van der Waals surface area contributed by atoms with Gasteiger partial charge in [0.05, 0.1) is 17.8 Å². The van der Waals surface area contributed by atoms with Gasteiger partial charge in [0.2, 0.25) is 5.91 Å². The number of carbonyl (C=O) groups is 2. The lowest BCUT2D eigenvalue weighted by Gasteiger charge is -2.16. The molecule has 0 aliphatic carbocycles. The molecule has 4 N–H and O–H groups in total. The molecule has 0 bridgehead atoms. The van der Waals surface area contributed by atoms with Gasteiger partial charge in [0.25, 0.3) is 0 Å². The molecule has 136 valence electrons. The number of rotatable bonds is 11. The fourth-order valence-corrected chi connectivity index (χ4v) is 4.76. The summed E-state index contributed by atoms with van der Waals surface area (Å²) in [7, 11) is 0. The molecule has 2 heterocycles. The first kappa shape index (κ1) is 19.0. The largest absolute Gasteiger partial charge is 0.513 e. The molecule has 2 aliphatic heterocycles. The van der Waals surface area contributed by atoms with Crippen molar-refractivity contribution in [3.05, 3.63) is 12.3 Å². The van der Waals surface area contributed by atoms with E-state index >= 15 is 0 Å². The molecule has 2 rings (SSSR count). The molecule has 0 saturated carbocycles. The van der Waals surface area contributed by atoms with Gasteiger partial charge < -0.3 is 21.1 Å². The third kappa shape index (κ3) is 6.26. The van der Waals surface area contributed by atoms with E-state index in [1.165, 1.54) is 0 Å². The summed E-state index contributed by atoms with van der Waals surface area (Å²) in [4.78, 5) is 23.1. The molecule has 0 aromatic rings. The number of aliphatic hydroxyl groups is 1. The molecule has 6 nitrogen and oxygen atoms in total. The van der Waals surface area contributed by atoms with E-state index in [2.05, 4.69) is 22.5 Å². The zero-order valence-electron chi connectivity index (χ0n) is 14.2. The highest BCUT2D eigenvalue weighted by Gasteiger charge is 2.42. The zero-order chi connectivity index (χ0) is 17.4. The Labute approximate surface area is 148 Å². The second-order valence-corrected chi connectivity index (χ2v) is 7.87. The van der Waals surface area contributed by atoms with Gasteiger partial charge in [-0.3, -0.25) is 4.79 Å². The summed E-state index contributed by atoms with van der Waals surface area (Å²) in [5.74, 6) is 1.34. The van der Waals surface area contributed by atoms with E-state index in [9.17, 15) is 9.59 Å². The second kappa shape index (κ2) is 9.81. The Hall–Kier alpha value is -1.37. The van der Waals surface area contributed by atoms with Gasteiger partial charge >= 0.3 is 6.03 Å². The van der Waals surface area contributed by atoms with Gasteiger partial charge in [0.1, 0.15) is 0 Å². The van der Waals surface area contributed by atoms with Crippen LogP contribution in [-0.4, -0.2) is 46.7 Å². The van der Waals surface area contributed by atoms with E-state index in [-0.39, 0.29) is 29.8 Å². The highest BCUT2D eigenvalue weighted by Crippen LogP contribution is 2.33. The summed E-state index contributed by atoms with van der Waals surface area (Å²) in [6, 6.07) is 0.489. The van der Waals surface area contributed by atoms with E-state index in [4.69, 9.17) is 5.11 Å². The van der Waals surface area contributed by atoms with E-state index in [1.807, 2.05) is 11.8 Å². The molecule has 2 aliphatic rings. The lowest BCUT2D eigenvalue weighted by molar-refractivity contribution is -0.121. The Bertz CT molecular complexity index is 458. The summed E-state index contributed by atoms with van der Waals surface area (Å²) in [6.45, 7) is 4.16. The first-order chi connectivity index (χ1) is 11.6. The number of fused-ring (bicyclic) bond motifs is 1. The molecule has 3 amide bonds. The maximum atomic E-state index is 11.8. The second-order valence-electron chi connectivity index (χ2n) is 6.59. The fourth-order valence-electron chi connectivity index (χ4n) is 3.22. The molecule has 2 saturated heterocycles. The van der Waals surface area contributed by atoms with Crippen molar-refractivity contribution in [1.82, 2.24) is 16.0 Å². The van der Waals surface area contributed by atoms with Gasteiger partial charge in [-0.2, -0.15) is 11.8 Å². The number of amides is 3. The zero-order valence-corrected chi connectivity index (χ0v) is 15.0. The molecule has 0 radical (unpaired) electrons. The normalized spacial score (nSPS) is 25.0. The summed E-state index contributed by atoms with van der Waals surface area (Å²) in [6.07, 6.45) is 7.02. The van der Waals surface area contributed by atoms with Crippen molar-refractivity contribution in [3.63, 3.8) is 0 Å². The van der Waals surface area contributed by atoms with Crippen molar-refractivity contribution in [2.24, 2.45) is 0 Å². The van der Waals surface area contributed by atoms with Crippen LogP contribution >= 0.6 is 11.8 Å². The van der Waals surface area contributed by atoms with Gasteiger partial charge in [-0.05, 0) is 25.7 Å². The predicted molar refractivity (Wildman–Crippen MR) is 97.2 cm³/mol. The number of thioether (sulfide) groups is 1. The van der Waals surface area contributed by atoms with Crippen molar-refractivity contribution in [3.8, 4) is 0 Å². The summed E-state index contributed by atoms with van der Waals surface area (Å²) < 4.78 is 0. The highest BCUT2D eigenvalue weighted by atomic mass is 32.2. The van der Waals surface area contributed by atoms with Crippen molar-refractivity contribution in [2.45, 2.75) is 68.7 Å². The van der Waals surface area contributed by atoms with Crippen molar-refractivity contribution in [2.75, 3.05) is 12.3 Å². The van der Waals surface area contributed by atoms with Crippen molar-refractivity contribution < 1.29 is 14.7 Å². The smallest absolute Gasteiger partial charge is 0.315 e. The van der Waals surface area contributed by atoms with Crippen LogP contribution in [0.1, 0.15) is 51.4 Å². The number of urea groups is 1. The van der Waals surface area contributed by atoms with Crippen LogP contribution in [0.5, 0.6) is 0 Å². The summed E-state index contributed by atoms with van der Waals surface area (Å²) in [5.41, 5.74) is 0. The Balaban J connectivity index is 1.45. The first-order valence-electron chi connectivity index (χ1n) is 8.88. The number of carbonyl (C=O) groups excluding carboxylic acids is 2. The van der Waals surface area contributed by atoms with E-state index < -0.39 is 0 Å². The molecule has 3 atom stereocenters. The monoisotopic (exact) mass is 355 g/mol. The van der Waals surface area contributed by atoms with Crippen molar-refractivity contribution >= 4 is 23.7 Å². The maximum Gasteiger partial charge on any atom is 0.315 e. The first-order valence-corrected chi connectivity index (χ1v) is 9.93. The van der Waals surface area contributed by atoms with Crippen LogP contribution in [0, 0.1) is 0 Å². The Morgan fingerprint density at radius 1 is 1.21 bits per heavy atom. The standard InChI is InChI=1S/C17H29N3O3S/c1-12(21)7-3-2-6-10-18-15(22)9-5-4-8-14-16-13(11-24-14)19-17(23)20-16/h13-14,16,21H,1-11H2,(H,18,22)(H2,19,20,23)/t13-,14-,16-/m0/s1. The Morgan fingerprint density at radius 3 is 2.79 bits per heavy atom. The van der Waals surface area contributed by atoms with E-state index in [1.54, 1.807) is 0 Å². The van der Waals surface area contributed by atoms with Crippen LogP contribution in [0.25, 0.3) is 0 Å². The van der Waals surface area contributed by atoms with Gasteiger partial charge in [-0.15, -0.1) is 0 Å². The molecular weight excluding hydrogens is 326 g/mol. The minimum absolute atomic E-state index is 0.0435. The molecule has 7 heteroatoms.